The molecule has 1 atom stereocenters. The molecular weight excluding hydrogens is 516 g/mol. The number of phenolic OH excluding ortho intramolecular Hbond substituents is 1. The van der Waals surface area contributed by atoms with Crippen LogP contribution in [-0.4, -0.2) is 35.5 Å². The van der Waals surface area contributed by atoms with Gasteiger partial charge in [-0.15, -0.1) is 0 Å². The maximum absolute atomic E-state index is 13.7. The zero-order valence-corrected chi connectivity index (χ0v) is 22.5. The Hall–Kier alpha value is -3.56. The highest BCUT2D eigenvalue weighted by molar-refractivity contribution is 7.07. The summed E-state index contributed by atoms with van der Waals surface area (Å²) in [5, 5.41) is 10.7. The van der Waals surface area contributed by atoms with Gasteiger partial charge in [-0.1, -0.05) is 29.0 Å². The second kappa shape index (κ2) is 11.2. The normalized spacial score (nSPS) is 15.3. The SMILES string of the molecule is CCOC(=O)C1=C(C)N=c2sc(=Cc3cc(Cl)ccc3O)c(=O)n2C1c1ccc(OCC)c(OCC)c1. The molecule has 2 heterocycles. The Morgan fingerprint density at radius 2 is 1.84 bits per heavy atom. The quantitative estimate of drug-likeness (QED) is 0.433. The third-order valence-electron chi connectivity index (χ3n) is 5.68. The lowest BCUT2D eigenvalue weighted by Crippen LogP contribution is -2.40. The molecule has 10 heteroatoms. The smallest absolute Gasteiger partial charge is 0.338 e. The van der Waals surface area contributed by atoms with E-state index in [4.69, 9.17) is 25.8 Å². The first-order valence-electron chi connectivity index (χ1n) is 11.9. The lowest BCUT2D eigenvalue weighted by atomic mass is 9.95. The van der Waals surface area contributed by atoms with Crippen LogP contribution in [0.1, 0.15) is 44.9 Å². The molecule has 0 radical (unpaired) electrons. The van der Waals surface area contributed by atoms with Crippen LogP contribution in [0, 0.1) is 0 Å². The molecule has 3 aromatic rings. The van der Waals surface area contributed by atoms with E-state index in [0.29, 0.717) is 55.9 Å². The molecule has 0 amide bonds. The van der Waals surface area contributed by atoms with Gasteiger partial charge < -0.3 is 19.3 Å². The summed E-state index contributed by atoms with van der Waals surface area (Å²) in [5.74, 6) is 0.506. The van der Waals surface area contributed by atoms with Crippen molar-refractivity contribution in [2.24, 2.45) is 4.99 Å². The highest BCUT2D eigenvalue weighted by atomic mass is 35.5. The topological polar surface area (TPSA) is 99.4 Å². The van der Waals surface area contributed by atoms with Gasteiger partial charge in [0.05, 0.1) is 41.7 Å². The van der Waals surface area contributed by atoms with Crippen LogP contribution >= 0.6 is 22.9 Å². The van der Waals surface area contributed by atoms with E-state index >= 15 is 0 Å². The van der Waals surface area contributed by atoms with E-state index in [-0.39, 0.29) is 23.5 Å². The van der Waals surface area contributed by atoms with Crippen molar-refractivity contribution in [1.82, 2.24) is 4.57 Å². The number of ether oxygens (including phenoxy) is 3. The van der Waals surface area contributed by atoms with Crippen LogP contribution < -0.4 is 24.4 Å². The molecule has 2 aromatic carbocycles. The Morgan fingerprint density at radius 1 is 1.11 bits per heavy atom. The third-order valence-corrected chi connectivity index (χ3v) is 6.89. The number of nitrogens with zero attached hydrogens (tertiary/aromatic N) is 2. The van der Waals surface area contributed by atoms with Gasteiger partial charge in [0.2, 0.25) is 0 Å². The van der Waals surface area contributed by atoms with Crippen LogP contribution in [-0.2, 0) is 9.53 Å². The second-order valence-electron chi connectivity index (χ2n) is 8.08. The van der Waals surface area contributed by atoms with Gasteiger partial charge in [-0.05, 0) is 69.7 Å². The molecule has 1 N–H and O–H groups in total. The standard InChI is InChI=1S/C27H27ClN2O6S/c1-5-34-20-11-8-16(13-21(20)35-6-2)24-23(26(33)36-7-3)15(4)29-27-30(24)25(32)22(37-27)14-17-12-18(28)9-10-19(17)31/h8-14,24,31H,5-7H2,1-4H3. The lowest BCUT2D eigenvalue weighted by molar-refractivity contribution is -0.139. The number of hydrogen-bond acceptors (Lipinski definition) is 8. The van der Waals surface area contributed by atoms with E-state index in [1.165, 1.54) is 10.6 Å². The molecule has 0 saturated carbocycles. The molecule has 1 unspecified atom stereocenters. The minimum absolute atomic E-state index is 0.0111. The molecule has 1 aliphatic rings. The van der Waals surface area contributed by atoms with Gasteiger partial charge in [-0.25, -0.2) is 9.79 Å². The molecule has 1 aromatic heterocycles. The Morgan fingerprint density at radius 3 is 2.54 bits per heavy atom. The van der Waals surface area contributed by atoms with Crippen LogP contribution in [0.15, 0.2) is 57.5 Å². The number of carbonyl (C=O) groups is 1. The number of esters is 1. The van der Waals surface area contributed by atoms with Crippen LogP contribution in [0.4, 0.5) is 0 Å². The fraction of sp³-hybridized carbons (Fsp3) is 0.296. The van der Waals surface area contributed by atoms with Crippen LogP contribution in [0.25, 0.3) is 6.08 Å². The lowest BCUT2D eigenvalue weighted by Gasteiger charge is -2.25. The second-order valence-corrected chi connectivity index (χ2v) is 9.52. The van der Waals surface area contributed by atoms with Gasteiger partial charge in [0.15, 0.2) is 16.3 Å². The molecule has 8 nitrogen and oxygen atoms in total. The van der Waals surface area contributed by atoms with Crippen LogP contribution in [0.3, 0.4) is 0 Å². The summed E-state index contributed by atoms with van der Waals surface area (Å²) in [4.78, 5) is 31.8. The average Bonchev–Trinajstić information content (AvgIpc) is 3.16. The number of benzene rings is 2. The maximum atomic E-state index is 13.7. The number of allylic oxidation sites excluding steroid dienone is 1. The zero-order valence-electron chi connectivity index (χ0n) is 20.9. The van der Waals surface area contributed by atoms with Crippen molar-refractivity contribution < 1.29 is 24.1 Å². The Bertz CT molecular complexity index is 1560. The molecular formula is C27H27ClN2O6S. The van der Waals surface area contributed by atoms with Gasteiger partial charge in [-0.2, -0.15) is 0 Å². The number of aromatic hydroxyl groups is 1. The summed E-state index contributed by atoms with van der Waals surface area (Å²) in [6, 6.07) is 9.14. The van der Waals surface area contributed by atoms with Gasteiger partial charge >= 0.3 is 5.97 Å². The predicted molar refractivity (Wildman–Crippen MR) is 142 cm³/mol. The number of rotatable bonds is 8. The summed E-state index contributed by atoms with van der Waals surface area (Å²) in [6.07, 6.45) is 1.56. The molecule has 0 aliphatic carbocycles. The van der Waals surface area contributed by atoms with E-state index in [1.54, 1.807) is 50.3 Å². The van der Waals surface area contributed by atoms with E-state index in [2.05, 4.69) is 4.99 Å². The first-order valence-corrected chi connectivity index (χ1v) is 13.1. The summed E-state index contributed by atoms with van der Waals surface area (Å²) in [5.41, 5.74) is 1.39. The first-order chi connectivity index (χ1) is 17.8. The van der Waals surface area contributed by atoms with E-state index in [0.717, 1.165) is 11.3 Å². The summed E-state index contributed by atoms with van der Waals surface area (Å²) in [7, 11) is 0. The number of carbonyl (C=O) groups excluding carboxylic acids is 1. The Balaban J connectivity index is 1.97. The summed E-state index contributed by atoms with van der Waals surface area (Å²) >= 11 is 7.25. The van der Waals surface area contributed by atoms with Crippen molar-refractivity contribution in [3.63, 3.8) is 0 Å². The summed E-state index contributed by atoms with van der Waals surface area (Å²) < 4.78 is 18.7. The number of hydrogen-bond donors (Lipinski definition) is 1. The van der Waals surface area contributed by atoms with Crippen molar-refractivity contribution >= 4 is 35.0 Å². The fourth-order valence-corrected chi connectivity index (χ4v) is 5.34. The van der Waals surface area contributed by atoms with E-state index < -0.39 is 12.0 Å². The predicted octanol–water partition coefficient (Wildman–Crippen LogP) is 3.95. The molecule has 0 saturated heterocycles. The summed E-state index contributed by atoms with van der Waals surface area (Å²) in [6.45, 7) is 8.23. The van der Waals surface area contributed by atoms with E-state index in [1.807, 2.05) is 13.8 Å². The molecule has 1 aliphatic heterocycles. The van der Waals surface area contributed by atoms with Crippen LogP contribution in [0.5, 0.6) is 17.2 Å². The Kier molecular flexibility index (Phi) is 8.04. The van der Waals surface area contributed by atoms with Gasteiger partial charge in [0, 0.05) is 10.6 Å². The molecule has 0 spiro atoms. The number of phenols is 1. The molecule has 0 fully saturated rings. The number of aromatic nitrogens is 1. The maximum Gasteiger partial charge on any atom is 0.338 e. The van der Waals surface area contributed by atoms with Gasteiger partial charge in [0.25, 0.3) is 5.56 Å². The van der Waals surface area contributed by atoms with Crippen molar-refractivity contribution in [2.75, 3.05) is 19.8 Å². The fourth-order valence-electron chi connectivity index (χ4n) is 4.13. The van der Waals surface area contributed by atoms with Crippen molar-refractivity contribution in [2.45, 2.75) is 33.7 Å². The average molecular weight is 543 g/mol. The minimum atomic E-state index is -0.805. The molecule has 4 rings (SSSR count). The third kappa shape index (κ3) is 5.28. The zero-order chi connectivity index (χ0) is 26.7. The van der Waals surface area contributed by atoms with Crippen molar-refractivity contribution in [1.29, 1.82) is 0 Å². The van der Waals surface area contributed by atoms with E-state index in [9.17, 15) is 14.7 Å². The Labute approximate surface area is 222 Å². The monoisotopic (exact) mass is 542 g/mol. The largest absolute Gasteiger partial charge is 0.507 e. The number of fused-ring (bicyclic) bond motifs is 1. The van der Waals surface area contributed by atoms with Gasteiger partial charge in [-0.3, -0.25) is 9.36 Å². The first kappa shape index (κ1) is 26.5. The van der Waals surface area contributed by atoms with Crippen molar-refractivity contribution in [3.05, 3.63) is 83.5 Å². The minimum Gasteiger partial charge on any atom is -0.507 e. The molecule has 194 valence electrons. The van der Waals surface area contributed by atoms with Crippen LogP contribution in [0.2, 0.25) is 5.02 Å². The van der Waals surface area contributed by atoms with Crippen molar-refractivity contribution in [3.8, 4) is 17.2 Å². The highest BCUT2D eigenvalue weighted by Gasteiger charge is 2.34. The molecule has 37 heavy (non-hydrogen) atoms. The number of halogens is 1. The molecule has 0 bridgehead atoms. The van der Waals surface area contributed by atoms with Gasteiger partial charge in [0.1, 0.15) is 5.75 Å². The highest BCUT2D eigenvalue weighted by Crippen LogP contribution is 2.36. The number of thiazole rings is 1.